The molecule has 2 aliphatic rings. The van der Waals surface area contributed by atoms with E-state index in [9.17, 15) is 4.79 Å². The van der Waals surface area contributed by atoms with E-state index in [1.165, 1.54) is 11.9 Å². The summed E-state index contributed by atoms with van der Waals surface area (Å²) >= 11 is 0. The molecule has 2 heterocycles. The number of nitrogens with zero attached hydrogens (tertiary/aromatic N) is 3. The van der Waals surface area contributed by atoms with Crippen molar-refractivity contribution < 1.29 is 4.79 Å². The molecule has 4 rings (SSSR count). The molecule has 2 fully saturated rings. The van der Waals surface area contributed by atoms with Crippen LogP contribution in [-0.4, -0.2) is 28.1 Å². The van der Waals surface area contributed by atoms with Crippen LogP contribution >= 0.6 is 0 Å². The van der Waals surface area contributed by atoms with Crippen molar-refractivity contribution in [1.82, 2.24) is 15.3 Å². The number of carbonyl (C=O) groups excluding carboxylic acids is 1. The summed E-state index contributed by atoms with van der Waals surface area (Å²) in [5.41, 5.74) is 2.32. The van der Waals surface area contributed by atoms with E-state index in [0.29, 0.717) is 6.54 Å². The molecule has 2 amide bonds. The van der Waals surface area contributed by atoms with Gasteiger partial charge in [-0.15, -0.1) is 0 Å². The van der Waals surface area contributed by atoms with Gasteiger partial charge in [0.2, 0.25) is 0 Å². The number of aromatic nitrogens is 2. The second-order valence-electron chi connectivity index (χ2n) is 7.39. The maximum atomic E-state index is 12.5. The molecule has 1 spiro atoms. The van der Waals surface area contributed by atoms with Gasteiger partial charge in [0.05, 0.1) is 30.2 Å². The number of rotatable bonds is 3. The summed E-state index contributed by atoms with van der Waals surface area (Å²) in [6.45, 7) is 2.99. The van der Waals surface area contributed by atoms with Crippen LogP contribution in [0.3, 0.4) is 0 Å². The first-order valence-electron chi connectivity index (χ1n) is 9.07. The molecule has 1 saturated heterocycles. The maximum Gasteiger partial charge on any atom is 0.322 e. The van der Waals surface area contributed by atoms with Crippen molar-refractivity contribution in [1.29, 1.82) is 0 Å². The van der Waals surface area contributed by atoms with Crippen LogP contribution in [0.25, 0.3) is 0 Å². The summed E-state index contributed by atoms with van der Waals surface area (Å²) in [5, 5.41) is 3.26. The van der Waals surface area contributed by atoms with Crippen LogP contribution in [-0.2, 0) is 5.41 Å². The van der Waals surface area contributed by atoms with Gasteiger partial charge in [-0.05, 0) is 43.1 Å². The molecule has 130 valence electrons. The Kier molecular flexibility index (Phi) is 3.94. The van der Waals surface area contributed by atoms with Crippen molar-refractivity contribution in [3.63, 3.8) is 0 Å². The molecule has 0 radical (unpaired) electrons. The topological polar surface area (TPSA) is 58.1 Å². The number of benzene rings is 1. The molecule has 5 nitrogen and oxygen atoms in total. The van der Waals surface area contributed by atoms with Crippen molar-refractivity contribution in [3.05, 3.63) is 54.6 Å². The number of anilines is 1. The van der Waals surface area contributed by atoms with Gasteiger partial charge in [0.1, 0.15) is 6.33 Å². The van der Waals surface area contributed by atoms with Crippen LogP contribution in [0.5, 0.6) is 0 Å². The fraction of sp³-hybridized carbons (Fsp3) is 0.450. The molecule has 1 aliphatic carbocycles. The van der Waals surface area contributed by atoms with Crippen LogP contribution in [0, 0.1) is 0 Å². The van der Waals surface area contributed by atoms with E-state index in [2.05, 4.69) is 52.5 Å². The Bertz CT molecular complexity index is 739. The molecule has 1 aromatic heterocycles. The Hall–Kier alpha value is -2.43. The molecule has 25 heavy (non-hydrogen) atoms. The average Bonchev–Trinajstić information content (AvgIpc) is 3.00. The summed E-state index contributed by atoms with van der Waals surface area (Å²) in [6.07, 6.45) is 10.3. The molecule has 1 aromatic carbocycles. The van der Waals surface area contributed by atoms with E-state index < -0.39 is 0 Å². The van der Waals surface area contributed by atoms with Crippen molar-refractivity contribution in [2.24, 2.45) is 0 Å². The highest BCUT2D eigenvalue weighted by Gasteiger charge is 2.48. The lowest BCUT2D eigenvalue weighted by atomic mass is 9.63. The van der Waals surface area contributed by atoms with Crippen molar-refractivity contribution in [2.45, 2.75) is 50.0 Å². The van der Waals surface area contributed by atoms with Gasteiger partial charge in [-0.1, -0.05) is 37.3 Å². The van der Waals surface area contributed by atoms with E-state index in [-0.39, 0.29) is 17.0 Å². The summed E-state index contributed by atoms with van der Waals surface area (Å²) in [7, 11) is 0. The van der Waals surface area contributed by atoms with E-state index in [0.717, 1.165) is 37.8 Å². The Morgan fingerprint density at radius 2 is 1.76 bits per heavy atom. The number of amides is 2. The Labute approximate surface area is 148 Å². The van der Waals surface area contributed by atoms with E-state index >= 15 is 0 Å². The minimum absolute atomic E-state index is 0.0292. The predicted molar refractivity (Wildman–Crippen MR) is 97.5 cm³/mol. The van der Waals surface area contributed by atoms with Gasteiger partial charge in [0.25, 0.3) is 0 Å². The Morgan fingerprint density at radius 1 is 1.08 bits per heavy atom. The van der Waals surface area contributed by atoms with E-state index in [1.807, 2.05) is 0 Å². The van der Waals surface area contributed by atoms with Crippen molar-refractivity contribution in [3.8, 4) is 0 Å². The lowest BCUT2D eigenvalue weighted by Crippen LogP contribution is -2.49. The first-order valence-corrected chi connectivity index (χ1v) is 9.07. The number of carbonyl (C=O) groups is 1. The van der Waals surface area contributed by atoms with Gasteiger partial charge < -0.3 is 5.32 Å². The van der Waals surface area contributed by atoms with E-state index in [1.54, 1.807) is 17.3 Å². The second kappa shape index (κ2) is 6.14. The zero-order valence-electron chi connectivity index (χ0n) is 14.6. The third kappa shape index (κ3) is 2.77. The Balaban J connectivity index is 1.53. The van der Waals surface area contributed by atoms with Crippen LogP contribution in [0.1, 0.15) is 44.6 Å². The molecule has 0 bridgehead atoms. The number of hydrogen-bond acceptors (Lipinski definition) is 3. The molecular formula is C20H24N4O. The molecule has 0 atom stereocenters. The molecule has 1 N–H and O–H groups in total. The highest BCUT2D eigenvalue weighted by molar-refractivity contribution is 5.95. The predicted octanol–water partition coefficient (Wildman–Crippen LogP) is 3.67. The fourth-order valence-electron chi connectivity index (χ4n) is 4.48. The SMILES string of the molecule is CCC1(c2ccccc2)CCC2(CC1)CN(c1cncnc1)C(=O)N2. The normalized spacial score (nSPS) is 29.0. The van der Waals surface area contributed by atoms with Gasteiger partial charge in [0, 0.05) is 0 Å². The maximum absolute atomic E-state index is 12.5. The van der Waals surface area contributed by atoms with Gasteiger partial charge in [0.15, 0.2) is 0 Å². The third-order valence-corrected chi connectivity index (χ3v) is 6.16. The number of hydrogen-bond donors (Lipinski definition) is 1. The molecule has 1 saturated carbocycles. The minimum Gasteiger partial charge on any atom is -0.330 e. The zero-order valence-corrected chi connectivity index (χ0v) is 14.6. The highest BCUT2D eigenvalue weighted by Crippen LogP contribution is 2.46. The van der Waals surface area contributed by atoms with Crippen LogP contribution in [0.2, 0.25) is 0 Å². The van der Waals surface area contributed by atoms with E-state index in [4.69, 9.17) is 0 Å². The summed E-state index contributed by atoms with van der Waals surface area (Å²) < 4.78 is 0. The molecule has 0 unspecified atom stereocenters. The average molecular weight is 336 g/mol. The van der Waals surface area contributed by atoms with Crippen molar-refractivity contribution in [2.75, 3.05) is 11.4 Å². The summed E-state index contributed by atoms with van der Waals surface area (Å²) in [6, 6.07) is 10.8. The van der Waals surface area contributed by atoms with Crippen LogP contribution in [0.4, 0.5) is 10.5 Å². The van der Waals surface area contributed by atoms with Crippen LogP contribution < -0.4 is 10.2 Å². The summed E-state index contributed by atoms with van der Waals surface area (Å²) in [5.74, 6) is 0. The molecule has 2 aromatic rings. The Morgan fingerprint density at radius 3 is 2.40 bits per heavy atom. The summed E-state index contributed by atoms with van der Waals surface area (Å²) in [4.78, 5) is 22.4. The smallest absolute Gasteiger partial charge is 0.322 e. The minimum atomic E-state index is -0.125. The number of urea groups is 1. The van der Waals surface area contributed by atoms with Gasteiger partial charge in [-0.25, -0.2) is 14.8 Å². The quantitative estimate of drug-likeness (QED) is 0.930. The fourth-order valence-corrected chi connectivity index (χ4v) is 4.48. The lowest BCUT2D eigenvalue weighted by molar-refractivity contribution is 0.184. The second-order valence-corrected chi connectivity index (χ2v) is 7.39. The molecule has 5 heteroatoms. The third-order valence-electron chi connectivity index (χ3n) is 6.16. The molecule has 1 aliphatic heterocycles. The molecular weight excluding hydrogens is 312 g/mol. The van der Waals surface area contributed by atoms with Crippen molar-refractivity contribution >= 4 is 11.7 Å². The first-order chi connectivity index (χ1) is 12.2. The van der Waals surface area contributed by atoms with Gasteiger partial charge >= 0.3 is 6.03 Å². The van der Waals surface area contributed by atoms with Gasteiger partial charge in [-0.3, -0.25) is 4.90 Å². The largest absolute Gasteiger partial charge is 0.330 e. The monoisotopic (exact) mass is 336 g/mol. The first kappa shape index (κ1) is 16.1. The van der Waals surface area contributed by atoms with Gasteiger partial charge in [-0.2, -0.15) is 0 Å². The number of nitrogens with one attached hydrogen (secondary N) is 1. The zero-order chi connectivity index (χ0) is 17.3. The lowest BCUT2D eigenvalue weighted by Gasteiger charge is -2.44. The standard InChI is InChI=1S/C20H24N4O/c1-2-19(16-6-4-3-5-7-16)8-10-20(11-9-19)14-24(18(25)23-20)17-12-21-15-22-13-17/h3-7,12-13,15H,2,8-11,14H2,1H3,(H,23,25). The highest BCUT2D eigenvalue weighted by atomic mass is 16.2. The van der Waals surface area contributed by atoms with Crippen LogP contribution in [0.15, 0.2) is 49.1 Å².